The van der Waals surface area contributed by atoms with E-state index in [0.29, 0.717) is 6.54 Å². The molecule has 92 valence electrons. The lowest BCUT2D eigenvalue weighted by molar-refractivity contribution is 0.219. The zero-order valence-electron chi connectivity index (χ0n) is 10.1. The maximum atomic E-state index is 5.70. The van der Waals surface area contributed by atoms with Gasteiger partial charge in [-0.3, -0.25) is 4.99 Å². The van der Waals surface area contributed by atoms with E-state index >= 15 is 0 Å². The van der Waals surface area contributed by atoms with Gasteiger partial charge in [0.25, 0.3) is 0 Å². The lowest BCUT2D eigenvalue weighted by Crippen LogP contribution is -2.17. The van der Waals surface area contributed by atoms with Crippen molar-refractivity contribution in [1.82, 2.24) is 0 Å². The van der Waals surface area contributed by atoms with Gasteiger partial charge in [-0.15, -0.1) is 0 Å². The van der Waals surface area contributed by atoms with Crippen molar-refractivity contribution in [2.24, 2.45) is 10.7 Å². The first kappa shape index (κ1) is 11.9. The van der Waals surface area contributed by atoms with E-state index in [1.54, 1.807) is 7.11 Å². The van der Waals surface area contributed by atoms with Crippen molar-refractivity contribution < 1.29 is 9.47 Å². The van der Waals surface area contributed by atoms with Gasteiger partial charge in [-0.25, -0.2) is 0 Å². The molecule has 0 bridgehead atoms. The van der Waals surface area contributed by atoms with Gasteiger partial charge < -0.3 is 15.2 Å². The van der Waals surface area contributed by atoms with E-state index in [9.17, 15) is 0 Å². The highest BCUT2D eigenvalue weighted by atomic mass is 16.5. The third kappa shape index (κ3) is 3.20. The van der Waals surface area contributed by atoms with Crippen LogP contribution in [-0.2, 0) is 11.2 Å². The fraction of sp³-hybridized carbons (Fsp3) is 0.462. The van der Waals surface area contributed by atoms with Crippen LogP contribution in [0.1, 0.15) is 12.0 Å². The Hall–Kier alpha value is -1.55. The van der Waals surface area contributed by atoms with Crippen LogP contribution in [0.5, 0.6) is 5.75 Å². The molecule has 4 heteroatoms. The van der Waals surface area contributed by atoms with Crippen LogP contribution in [0.2, 0.25) is 0 Å². The predicted octanol–water partition coefficient (Wildman–Crippen LogP) is 1.38. The normalized spacial score (nSPS) is 18.7. The summed E-state index contributed by atoms with van der Waals surface area (Å²) in [5, 5.41) is 0. The molecule has 0 amide bonds. The summed E-state index contributed by atoms with van der Waals surface area (Å²) in [5.41, 5.74) is 6.70. The van der Waals surface area contributed by atoms with E-state index < -0.39 is 0 Å². The standard InChI is InChI=1S/C13H18N2O2/c1-16-11-4-2-10(3-5-11)8-12-9-15-13(17-12)6-7-14/h2-5,12H,6-9,14H2,1H3. The second-order valence-electron chi connectivity index (χ2n) is 4.07. The molecule has 1 aliphatic heterocycles. The number of ether oxygens (including phenoxy) is 2. The topological polar surface area (TPSA) is 56.8 Å². The molecule has 0 radical (unpaired) electrons. The molecule has 0 aliphatic carbocycles. The summed E-state index contributed by atoms with van der Waals surface area (Å²) in [6.45, 7) is 1.33. The fourth-order valence-electron chi connectivity index (χ4n) is 1.86. The third-order valence-electron chi connectivity index (χ3n) is 2.75. The number of benzene rings is 1. The van der Waals surface area contributed by atoms with E-state index in [2.05, 4.69) is 17.1 Å². The van der Waals surface area contributed by atoms with Gasteiger partial charge in [0.05, 0.1) is 13.7 Å². The van der Waals surface area contributed by atoms with E-state index in [0.717, 1.165) is 31.0 Å². The van der Waals surface area contributed by atoms with Gasteiger partial charge in [-0.05, 0) is 17.7 Å². The van der Waals surface area contributed by atoms with Crippen molar-refractivity contribution in [2.45, 2.75) is 18.9 Å². The average molecular weight is 234 g/mol. The van der Waals surface area contributed by atoms with Crippen molar-refractivity contribution in [2.75, 3.05) is 20.2 Å². The van der Waals surface area contributed by atoms with Crippen molar-refractivity contribution >= 4 is 5.90 Å². The second-order valence-corrected chi connectivity index (χ2v) is 4.07. The molecule has 2 N–H and O–H groups in total. The largest absolute Gasteiger partial charge is 0.497 e. The Bertz CT molecular complexity index is 387. The lowest BCUT2D eigenvalue weighted by Gasteiger charge is -2.11. The molecular formula is C13H18N2O2. The summed E-state index contributed by atoms with van der Waals surface area (Å²) in [7, 11) is 1.67. The van der Waals surface area contributed by atoms with Crippen molar-refractivity contribution in [3.63, 3.8) is 0 Å². The molecule has 0 fully saturated rings. The first-order valence-corrected chi connectivity index (χ1v) is 5.85. The van der Waals surface area contributed by atoms with Crippen LogP contribution in [0.3, 0.4) is 0 Å². The molecule has 1 heterocycles. The molecule has 0 spiro atoms. The molecule has 1 atom stereocenters. The number of methoxy groups -OCH3 is 1. The van der Waals surface area contributed by atoms with Crippen molar-refractivity contribution in [1.29, 1.82) is 0 Å². The zero-order valence-corrected chi connectivity index (χ0v) is 10.1. The Morgan fingerprint density at radius 1 is 1.41 bits per heavy atom. The monoisotopic (exact) mass is 234 g/mol. The van der Waals surface area contributed by atoms with Crippen LogP contribution in [0.4, 0.5) is 0 Å². The minimum atomic E-state index is 0.157. The van der Waals surface area contributed by atoms with Crippen LogP contribution in [0, 0.1) is 0 Å². The average Bonchev–Trinajstić information content (AvgIpc) is 2.78. The molecule has 1 aromatic carbocycles. The summed E-state index contributed by atoms with van der Waals surface area (Å²) in [4.78, 5) is 4.33. The lowest BCUT2D eigenvalue weighted by atomic mass is 10.1. The van der Waals surface area contributed by atoms with Crippen LogP contribution >= 0.6 is 0 Å². The highest BCUT2D eigenvalue weighted by Crippen LogP contribution is 2.16. The Kier molecular flexibility index (Phi) is 3.98. The molecule has 0 saturated carbocycles. The molecule has 1 aromatic rings. The highest BCUT2D eigenvalue weighted by molar-refractivity contribution is 5.77. The predicted molar refractivity (Wildman–Crippen MR) is 67.5 cm³/mol. The van der Waals surface area contributed by atoms with Crippen molar-refractivity contribution in [3.05, 3.63) is 29.8 Å². The van der Waals surface area contributed by atoms with Gasteiger partial charge in [0, 0.05) is 19.4 Å². The minimum absolute atomic E-state index is 0.157. The summed E-state index contributed by atoms with van der Waals surface area (Å²) in [6, 6.07) is 8.05. The van der Waals surface area contributed by atoms with E-state index in [4.69, 9.17) is 15.2 Å². The smallest absolute Gasteiger partial charge is 0.185 e. The quantitative estimate of drug-likeness (QED) is 0.837. The van der Waals surface area contributed by atoms with Gasteiger partial charge in [0.1, 0.15) is 11.9 Å². The summed E-state index contributed by atoms with van der Waals surface area (Å²) in [5.74, 6) is 1.67. The SMILES string of the molecule is COc1ccc(CC2CN=C(CCN)O2)cc1. The Labute approximate surface area is 101 Å². The number of nitrogens with zero attached hydrogens (tertiary/aromatic N) is 1. The first-order chi connectivity index (χ1) is 8.31. The van der Waals surface area contributed by atoms with Crippen LogP contribution in [-0.4, -0.2) is 32.2 Å². The molecule has 2 rings (SSSR count). The van der Waals surface area contributed by atoms with Gasteiger partial charge in [0.2, 0.25) is 0 Å². The van der Waals surface area contributed by atoms with Gasteiger partial charge in [-0.2, -0.15) is 0 Å². The van der Waals surface area contributed by atoms with E-state index in [-0.39, 0.29) is 6.10 Å². The number of hydrogen-bond acceptors (Lipinski definition) is 4. The van der Waals surface area contributed by atoms with E-state index in [1.165, 1.54) is 5.56 Å². The highest BCUT2D eigenvalue weighted by Gasteiger charge is 2.19. The molecular weight excluding hydrogens is 216 g/mol. The number of nitrogens with two attached hydrogens (primary N) is 1. The summed E-state index contributed by atoms with van der Waals surface area (Å²) < 4.78 is 10.8. The molecule has 0 aromatic heterocycles. The Morgan fingerprint density at radius 2 is 2.18 bits per heavy atom. The molecule has 17 heavy (non-hydrogen) atoms. The number of hydrogen-bond donors (Lipinski definition) is 1. The Balaban J connectivity index is 1.86. The third-order valence-corrected chi connectivity index (χ3v) is 2.75. The second kappa shape index (κ2) is 5.68. The van der Waals surface area contributed by atoms with Crippen molar-refractivity contribution in [3.8, 4) is 5.75 Å². The molecule has 1 aliphatic rings. The molecule has 4 nitrogen and oxygen atoms in total. The summed E-state index contributed by atoms with van der Waals surface area (Å²) >= 11 is 0. The summed E-state index contributed by atoms with van der Waals surface area (Å²) in [6.07, 6.45) is 1.77. The zero-order chi connectivity index (χ0) is 12.1. The maximum Gasteiger partial charge on any atom is 0.185 e. The number of rotatable bonds is 5. The van der Waals surface area contributed by atoms with Crippen LogP contribution in [0.25, 0.3) is 0 Å². The molecule has 0 saturated heterocycles. The van der Waals surface area contributed by atoms with Crippen LogP contribution in [0.15, 0.2) is 29.3 Å². The minimum Gasteiger partial charge on any atom is -0.497 e. The van der Waals surface area contributed by atoms with Gasteiger partial charge in [0.15, 0.2) is 5.90 Å². The fourth-order valence-corrected chi connectivity index (χ4v) is 1.86. The maximum absolute atomic E-state index is 5.70. The molecule has 1 unspecified atom stereocenters. The van der Waals surface area contributed by atoms with E-state index in [1.807, 2.05) is 12.1 Å². The first-order valence-electron chi connectivity index (χ1n) is 5.85. The van der Waals surface area contributed by atoms with Crippen LogP contribution < -0.4 is 10.5 Å². The Morgan fingerprint density at radius 3 is 2.82 bits per heavy atom. The van der Waals surface area contributed by atoms with Gasteiger partial charge in [-0.1, -0.05) is 12.1 Å². The number of aliphatic imine (C=N–C) groups is 1. The van der Waals surface area contributed by atoms with Gasteiger partial charge >= 0.3 is 0 Å².